The molecule has 4 amide bonds. The first-order valence-corrected chi connectivity index (χ1v) is 19.3. The zero-order chi connectivity index (χ0) is 38.0. The normalized spacial score (nSPS) is 18.1. The van der Waals surface area contributed by atoms with Gasteiger partial charge in [0.25, 0.3) is 11.8 Å². The first-order chi connectivity index (χ1) is 24.2. The Labute approximate surface area is 306 Å². The Balaban J connectivity index is 0.000000495. The minimum absolute atomic E-state index is 0.0229. The highest BCUT2D eigenvalue weighted by Crippen LogP contribution is 2.30. The van der Waals surface area contributed by atoms with Crippen LogP contribution in [0.3, 0.4) is 0 Å². The fourth-order valence-electron chi connectivity index (χ4n) is 6.61. The van der Waals surface area contributed by atoms with Crippen molar-refractivity contribution in [2.24, 2.45) is 17.3 Å². The predicted molar refractivity (Wildman–Crippen MR) is 201 cm³/mol. The highest BCUT2D eigenvalue weighted by molar-refractivity contribution is 6.23. The Hall–Kier alpha value is -3.41. The minimum atomic E-state index is -0.722. The highest BCUT2D eigenvalue weighted by Gasteiger charge is 2.40. The third-order valence-electron chi connectivity index (χ3n) is 9.97. The molecule has 0 spiro atoms. The second-order valence-corrected chi connectivity index (χ2v) is 15.9. The van der Waals surface area contributed by atoms with Crippen LogP contribution in [0.15, 0.2) is 18.6 Å². The van der Waals surface area contributed by atoms with Crippen molar-refractivity contribution in [3.8, 4) is 0 Å². The Kier molecular flexibility index (Phi) is 19.3. The van der Waals surface area contributed by atoms with Gasteiger partial charge in [0.05, 0.1) is 6.20 Å². The van der Waals surface area contributed by atoms with Crippen LogP contribution in [0.5, 0.6) is 0 Å². The number of rotatable bonds is 14. The molecule has 4 N–H and O–H groups in total. The van der Waals surface area contributed by atoms with Gasteiger partial charge in [0.2, 0.25) is 18.1 Å². The van der Waals surface area contributed by atoms with Gasteiger partial charge in [0.15, 0.2) is 0 Å². The van der Waals surface area contributed by atoms with Gasteiger partial charge in [-0.25, -0.2) is 4.98 Å². The van der Waals surface area contributed by atoms with E-state index < -0.39 is 29.3 Å². The zero-order valence-corrected chi connectivity index (χ0v) is 32.6. The summed E-state index contributed by atoms with van der Waals surface area (Å²) in [6.45, 7) is 15.2. The van der Waals surface area contributed by atoms with Crippen molar-refractivity contribution >= 4 is 29.9 Å². The van der Waals surface area contributed by atoms with E-state index in [-0.39, 0.29) is 29.5 Å². The quantitative estimate of drug-likeness (QED) is 0.155. The van der Waals surface area contributed by atoms with E-state index in [2.05, 4.69) is 45.1 Å². The number of carbonyl (C=O) groups excluding carboxylic acids is 5. The second kappa shape index (κ2) is 22.5. The molecule has 4 rings (SSSR count). The third kappa shape index (κ3) is 16.2. The van der Waals surface area contributed by atoms with Crippen molar-refractivity contribution in [1.82, 2.24) is 36.1 Å². The summed E-state index contributed by atoms with van der Waals surface area (Å²) in [5, 5.41) is 11.7. The van der Waals surface area contributed by atoms with Gasteiger partial charge in [-0.2, -0.15) is 0 Å². The van der Waals surface area contributed by atoms with E-state index in [1.807, 2.05) is 46.6 Å². The number of aldehydes is 1. The van der Waals surface area contributed by atoms with Crippen molar-refractivity contribution in [2.45, 2.75) is 162 Å². The lowest BCUT2D eigenvalue weighted by Gasteiger charge is -2.39. The van der Waals surface area contributed by atoms with E-state index in [4.69, 9.17) is 0 Å². The van der Waals surface area contributed by atoms with Crippen LogP contribution in [0.25, 0.3) is 0 Å². The van der Waals surface area contributed by atoms with Gasteiger partial charge in [-0.15, -0.1) is 0 Å². The maximum atomic E-state index is 13.9. The smallest absolute Gasteiger partial charge is 0.284 e. The van der Waals surface area contributed by atoms with Crippen LogP contribution in [-0.2, 0) is 19.2 Å². The lowest BCUT2D eigenvalue weighted by Crippen LogP contribution is -2.61. The molecule has 0 aliphatic heterocycles. The molecule has 3 fully saturated rings. The highest BCUT2D eigenvalue weighted by atomic mass is 16.2. The maximum Gasteiger partial charge on any atom is 0.284 e. The summed E-state index contributed by atoms with van der Waals surface area (Å²) in [5.74, 6) is -0.703. The molecule has 0 bridgehead atoms. The number of hydrogen-bond donors (Lipinski definition) is 4. The number of nitrogens with zero attached hydrogens (tertiary/aromatic N) is 3. The number of aromatic nitrogens is 2. The van der Waals surface area contributed by atoms with Crippen LogP contribution in [0.4, 0.5) is 0 Å². The van der Waals surface area contributed by atoms with Gasteiger partial charge >= 0.3 is 0 Å². The zero-order valence-electron chi connectivity index (χ0n) is 32.6. The van der Waals surface area contributed by atoms with Crippen LogP contribution < -0.4 is 21.3 Å². The van der Waals surface area contributed by atoms with E-state index in [1.54, 1.807) is 0 Å². The van der Waals surface area contributed by atoms with Crippen molar-refractivity contribution in [3.05, 3.63) is 24.3 Å². The Bertz CT molecular complexity index is 1210. The van der Waals surface area contributed by atoms with E-state index in [0.717, 1.165) is 64.3 Å². The van der Waals surface area contributed by atoms with Gasteiger partial charge in [0, 0.05) is 37.1 Å². The van der Waals surface area contributed by atoms with Gasteiger partial charge < -0.3 is 26.2 Å². The van der Waals surface area contributed by atoms with Crippen LogP contribution in [0.1, 0.15) is 142 Å². The van der Waals surface area contributed by atoms with Gasteiger partial charge in [0.1, 0.15) is 17.8 Å². The van der Waals surface area contributed by atoms with Gasteiger partial charge in [-0.3, -0.25) is 29.0 Å². The fourth-order valence-corrected chi connectivity index (χ4v) is 6.61. The molecule has 3 atom stereocenters. The summed E-state index contributed by atoms with van der Waals surface area (Å²) >= 11 is 0. The summed E-state index contributed by atoms with van der Waals surface area (Å²) in [6, 6.07) is -0.365. The van der Waals surface area contributed by atoms with E-state index >= 15 is 0 Å². The number of hydrogen-bond acceptors (Lipinski definition) is 8. The van der Waals surface area contributed by atoms with Crippen LogP contribution >= 0.6 is 0 Å². The first-order valence-electron chi connectivity index (χ1n) is 19.3. The number of carbonyl (C=O) groups is 5. The third-order valence-corrected chi connectivity index (χ3v) is 9.97. The maximum absolute atomic E-state index is 13.9. The Morgan fingerprint density at radius 1 is 0.922 bits per heavy atom. The molecule has 0 aromatic carbocycles. The summed E-state index contributed by atoms with van der Waals surface area (Å²) in [6.07, 6.45) is 19.0. The molecule has 12 heteroatoms. The van der Waals surface area contributed by atoms with E-state index in [0.29, 0.717) is 24.3 Å². The standard InChI is InChI=1S/C28H45N5O3.C6H15N.C5H7NO2/c1-19(2)33(18-20-11-9-10-12-20)27(36)24(28(3,4)5)32-26(35)23(21-13-7-6-8-14-21)31-25(34)22-17-29-15-16-30-22;1-4-5-6(2)7-3;7-3-5(8)6-4-1-2-4/h15-17,19-21,23-24H,6-14,18H2,1-5H3,(H,31,34)(H,32,35);6-7H,4-5H2,1-3H3;3-4H,1-2H2,(H,6,8)/t23-,24?;;/m0../s1. The SMILES string of the molecule is CC(C)N(CC1CCCC1)C(=O)C(NC(=O)[C@@H](NC(=O)c1cnccn1)C1CCCCC1)C(C)(C)C.CCCC(C)NC.O=CC(=O)NC1CC1. The van der Waals surface area contributed by atoms with Gasteiger partial charge in [-0.1, -0.05) is 66.2 Å². The molecule has 1 aromatic heterocycles. The molecule has 3 aliphatic rings. The van der Waals surface area contributed by atoms with E-state index in [9.17, 15) is 24.0 Å². The molecule has 1 aromatic rings. The van der Waals surface area contributed by atoms with Crippen LogP contribution in [-0.4, -0.2) is 88.6 Å². The summed E-state index contributed by atoms with van der Waals surface area (Å²) in [5.41, 5.74) is -0.307. The lowest BCUT2D eigenvalue weighted by molar-refractivity contribution is -0.142. The van der Waals surface area contributed by atoms with Crippen molar-refractivity contribution in [2.75, 3.05) is 13.6 Å². The van der Waals surface area contributed by atoms with Crippen LogP contribution in [0, 0.1) is 17.3 Å². The molecule has 0 saturated heterocycles. The topological polar surface area (TPSA) is 162 Å². The molecular formula is C39H67N7O5. The van der Waals surface area contributed by atoms with Gasteiger partial charge in [-0.05, 0) is 90.0 Å². The molecule has 3 aliphatic carbocycles. The lowest BCUT2D eigenvalue weighted by atomic mass is 9.82. The van der Waals surface area contributed by atoms with Crippen molar-refractivity contribution < 1.29 is 24.0 Å². The Morgan fingerprint density at radius 2 is 1.55 bits per heavy atom. The average Bonchev–Trinajstić information content (AvgIpc) is 3.78. The molecular weight excluding hydrogens is 646 g/mol. The molecule has 0 radical (unpaired) electrons. The van der Waals surface area contributed by atoms with E-state index in [1.165, 1.54) is 44.3 Å². The predicted octanol–water partition coefficient (Wildman–Crippen LogP) is 4.97. The second-order valence-electron chi connectivity index (χ2n) is 15.9. The molecule has 51 heavy (non-hydrogen) atoms. The molecule has 1 heterocycles. The summed E-state index contributed by atoms with van der Waals surface area (Å²) in [4.78, 5) is 70.5. The number of amides is 4. The average molecular weight is 714 g/mol. The number of nitrogens with one attached hydrogen (secondary N) is 4. The fraction of sp³-hybridized carbons (Fsp3) is 0.769. The monoisotopic (exact) mass is 714 g/mol. The van der Waals surface area contributed by atoms with Crippen LogP contribution in [0.2, 0.25) is 0 Å². The molecule has 288 valence electrons. The first kappa shape index (κ1) is 43.8. The Morgan fingerprint density at radius 3 is 2.02 bits per heavy atom. The minimum Gasteiger partial charge on any atom is -0.347 e. The van der Waals surface area contributed by atoms with Crippen molar-refractivity contribution in [1.29, 1.82) is 0 Å². The van der Waals surface area contributed by atoms with Crippen molar-refractivity contribution in [3.63, 3.8) is 0 Å². The molecule has 2 unspecified atom stereocenters. The largest absolute Gasteiger partial charge is 0.347 e. The summed E-state index contributed by atoms with van der Waals surface area (Å²) in [7, 11) is 2.00. The molecule has 12 nitrogen and oxygen atoms in total. The molecule has 3 saturated carbocycles. The summed E-state index contributed by atoms with van der Waals surface area (Å²) < 4.78 is 0.